The van der Waals surface area contributed by atoms with Gasteiger partial charge in [-0.25, -0.2) is 18.8 Å². The van der Waals surface area contributed by atoms with Crippen LogP contribution in [0.15, 0.2) is 59.0 Å². The van der Waals surface area contributed by atoms with Crippen LogP contribution in [0.3, 0.4) is 0 Å². The van der Waals surface area contributed by atoms with Gasteiger partial charge in [0.2, 0.25) is 5.13 Å². The number of thioether (sulfide) groups is 1. The van der Waals surface area contributed by atoms with Crippen LogP contribution in [-0.4, -0.2) is 16.6 Å². The van der Waals surface area contributed by atoms with Gasteiger partial charge in [0.25, 0.3) is 0 Å². The number of nitrogens with zero attached hydrogens (tertiary/aromatic N) is 3. The van der Waals surface area contributed by atoms with Gasteiger partial charge in [-0.1, -0.05) is 42.1 Å². The van der Waals surface area contributed by atoms with Gasteiger partial charge in [0.15, 0.2) is 0 Å². The van der Waals surface area contributed by atoms with Gasteiger partial charge in [-0.15, -0.1) is 11.3 Å². The molecule has 150 valence electrons. The molecule has 1 aromatic heterocycles. The summed E-state index contributed by atoms with van der Waals surface area (Å²) in [5.41, 5.74) is 7.89. The highest BCUT2D eigenvalue weighted by Gasteiger charge is 2.47. The smallest absolute Gasteiger partial charge is 0.207 e. The Morgan fingerprint density at radius 2 is 1.93 bits per heavy atom. The summed E-state index contributed by atoms with van der Waals surface area (Å²) in [6.45, 7) is 2.44. The van der Waals surface area contributed by atoms with E-state index < -0.39 is 16.5 Å². The highest BCUT2D eigenvalue weighted by atomic mass is 32.2. The maximum absolute atomic E-state index is 14.5. The molecule has 1 aliphatic heterocycles. The molecular formula is C21H20F2N4S2. The predicted molar refractivity (Wildman–Crippen MR) is 116 cm³/mol. The first-order valence-corrected chi connectivity index (χ1v) is 10.9. The van der Waals surface area contributed by atoms with E-state index in [0.717, 1.165) is 29.8 Å². The SMILES string of the molecule is Cc1csc(N2N=C(c3cc(F)ccc3F)SC2(CCCN)c2ccccc2)n1. The molecule has 0 saturated heterocycles. The lowest BCUT2D eigenvalue weighted by Gasteiger charge is -2.35. The van der Waals surface area contributed by atoms with E-state index in [2.05, 4.69) is 4.98 Å². The highest BCUT2D eigenvalue weighted by molar-refractivity contribution is 8.15. The third kappa shape index (κ3) is 3.80. The van der Waals surface area contributed by atoms with Crippen molar-refractivity contribution < 1.29 is 8.78 Å². The molecule has 0 amide bonds. The normalized spacial score (nSPS) is 18.9. The van der Waals surface area contributed by atoms with E-state index in [1.54, 1.807) is 0 Å². The largest absolute Gasteiger partial charge is 0.330 e. The van der Waals surface area contributed by atoms with Crippen LogP contribution in [0.25, 0.3) is 0 Å². The average Bonchev–Trinajstić information content (AvgIpc) is 3.33. The van der Waals surface area contributed by atoms with Crippen LogP contribution in [0.2, 0.25) is 0 Å². The molecule has 4 rings (SSSR count). The quantitative estimate of drug-likeness (QED) is 0.581. The number of aromatic nitrogens is 1. The standard InChI is InChI=1S/C21H20F2N4S2/c1-14-13-28-20(25-14)27-21(10-5-11-24,15-6-3-2-4-7-15)29-19(26-27)17-12-16(22)8-9-18(17)23/h2-4,6-9,12-13H,5,10-11,24H2,1H3. The number of halogens is 2. The summed E-state index contributed by atoms with van der Waals surface area (Å²) < 4.78 is 28.4. The lowest BCUT2D eigenvalue weighted by atomic mass is 10.0. The van der Waals surface area contributed by atoms with E-state index in [1.165, 1.54) is 29.2 Å². The number of hydrogen-bond acceptors (Lipinski definition) is 6. The summed E-state index contributed by atoms with van der Waals surface area (Å²) in [5, 5.41) is 9.68. The van der Waals surface area contributed by atoms with Crippen LogP contribution in [0.1, 0.15) is 29.7 Å². The third-order valence-electron chi connectivity index (χ3n) is 4.69. The third-order valence-corrected chi connectivity index (χ3v) is 7.07. The molecule has 4 nitrogen and oxygen atoms in total. The molecular weight excluding hydrogens is 410 g/mol. The molecule has 1 atom stereocenters. The van der Waals surface area contributed by atoms with Crippen LogP contribution in [0.4, 0.5) is 13.9 Å². The molecule has 0 aliphatic carbocycles. The molecule has 1 aliphatic rings. The van der Waals surface area contributed by atoms with E-state index in [0.29, 0.717) is 23.1 Å². The molecule has 2 heterocycles. The lowest BCUT2D eigenvalue weighted by molar-refractivity contribution is 0.526. The Balaban J connectivity index is 1.88. The fraction of sp³-hybridized carbons (Fsp3) is 0.238. The minimum absolute atomic E-state index is 0.152. The van der Waals surface area contributed by atoms with Gasteiger partial charge in [-0.3, -0.25) is 0 Å². The molecule has 0 spiro atoms. The summed E-state index contributed by atoms with van der Waals surface area (Å²) in [6, 6.07) is 13.4. The number of anilines is 1. The van der Waals surface area contributed by atoms with Crippen molar-refractivity contribution >= 4 is 33.3 Å². The number of hydrazone groups is 1. The van der Waals surface area contributed by atoms with Crippen molar-refractivity contribution in [3.05, 3.63) is 82.4 Å². The second-order valence-corrected chi connectivity index (χ2v) is 8.86. The van der Waals surface area contributed by atoms with Crippen LogP contribution in [0.5, 0.6) is 0 Å². The Morgan fingerprint density at radius 3 is 2.62 bits per heavy atom. The summed E-state index contributed by atoms with van der Waals surface area (Å²) in [5.74, 6) is -1.00. The Hall–Kier alpha value is -2.29. The number of thiazole rings is 1. The summed E-state index contributed by atoms with van der Waals surface area (Å²) >= 11 is 2.90. The van der Waals surface area contributed by atoms with Crippen molar-refractivity contribution in [3.63, 3.8) is 0 Å². The van der Waals surface area contributed by atoms with Gasteiger partial charge in [-0.05, 0) is 50.1 Å². The summed E-state index contributed by atoms with van der Waals surface area (Å²) in [6.07, 6.45) is 1.43. The van der Waals surface area contributed by atoms with Gasteiger partial charge in [0.05, 0.1) is 5.69 Å². The maximum Gasteiger partial charge on any atom is 0.207 e. The van der Waals surface area contributed by atoms with Gasteiger partial charge in [-0.2, -0.15) is 5.10 Å². The summed E-state index contributed by atoms with van der Waals surface area (Å²) in [7, 11) is 0. The maximum atomic E-state index is 14.5. The number of benzene rings is 2. The fourth-order valence-corrected chi connectivity index (χ4v) is 5.63. The molecule has 8 heteroatoms. The second kappa shape index (κ2) is 8.22. The van der Waals surface area contributed by atoms with E-state index in [-0.39, 0.29) is 5.56 Å². The number of aryl methyl sites for hydroxylation is 1. The Labute approximate surface area is 176 Å². The van der Waals surface area contributed by atoms with Crippen LogP contribution >= 0.6 is 23.1 Å². The van der Waals surface area contributed by atoms with Gasteiger partial charge >= 0.3 is 0 Å². The average molecular weight is 431 g/mol. The van der Waals surface area contributed by atoms with Crippen molar-refractivity contribution in [2.45, 2.75) is 24.6 Å². The molecule has 29 heavy (non-hydrogen) atoms. The highest BCUT2D eigenvalue weighted by Crippen LogP contribution is 2.52. The van der Waals surface area contributed by atoms with Crippen molar-refractivity contribution in [1.29, 1.82) is 0 Å². The van der Waals surface area contributed by atoms with Gasteiger partial charge in [0, 0.05) is 10.9 Å². The zero-order valence-electron chi connectivity index (χ0n) is 15.8. The van der Waals surface area contributed by atoms with E-state index in [1.807, 2.05) is 47.6 Å². The van der Waals surface area contributed by atoms with Crippen LogP contribution in [-0.2, 0) is 4.87 Å². The zero-order chi connectivity index (χ0) is 20.4. The van der Waals surface area contributed by atoms with E-state index in [4.69, 9.17) is 10.8 Å². The number of rotatable bonds is 6. The van der Waals surface area contributed by atoms with E-state index in [9.17, 15) is 8.78 Å². The minimum Gasteiger partial charge on any atom is -0.330 e. The zero-order valence-corrected chi connectivity index (χ0v) is 17.4. The Bertz CT molecular complexity index is 1040. The first-order valence-electron chi connectivity index (χ1n) is 9.24. The van der Waals surface area contributed by atoms with Crippen molar-refractivity contribution in [2.75, 3.05) is 11.6 Å². The molecule has 0 fully saturated rings. The van der Waals surface area contributed by atoms with Crippen LogP contribution in [0, 0.1) is 18.6 Å². The monoisotopic (exact) mass is 430 g/mol. The first kappa shape index (κ1) is 20.0. The number of hydrogen-bond donors (Lipinski definition) is 1. The fourth-order valence-electron chi connectivity index (χ4n) is 3.32. The first-order chi connectivity index (χ1) is 14.0. The van der Waals surface area contributed by atoms with Crippen molar-refractivity contribution in [1.82, 2.24) is 4.98 Å². The molecule has 0 saturated carbocycles. The second-order valence-electron chi connectivity index (χ2n) is 6.76. The topological polar surface area (TPSA) is 54.5 Å². The predicted octanol–water partition coefficient (Wildman–Crippen LogP) is 5.24. The molecule has 1 unspecified atom stereocenters. The Morgan fingerprint density at radius 1 is 1.14 bits per heavy atom. The van der Waals surface area contributed by atoms with Gasteiger partial charge in [0.1, 0.15) is 21.5 Å². The van der Waals surface area contributed by atoms with Crippen molar-refractivity contribution in [3.8, 4) is 0 Å². The number of nitrogens with two attached hydrogens (primary N) is 1. The lowest BCUT2D eigenvalue weighted by Crippen LogP contribution is -2.38. The molecule has 3 aromatic rings. The van der Waals surface area contributed by atoms with Gasteiger partial charge < -0.3 is 5.73 Å². The Kier molecular flexibility index (Phi) is 5.67. The van der Waals surface area contributed by atoms with Crippen LogP contribution < -0.4 is 10.7 Å². The molecule has 0 bridgehead atoms. The molecule has 0 radical (unpaired) electrons. The molecule has 2 aromatic carbocycles. The minimum atomic E-state index is -0.640. The van der Waals surface area contributed by atoms with E-state index >= 15 is 0 Å². The van der Waals surface area contributed by atoms with Crippen molar-refractivity contribution in [2.24, 2.45) is 10.8 Å². The molecule has 2 N–H and O–H groups in total. The summed E-state index contributed by atoms with van der Waals surface area (Å²) in [4.78, 5) is 3.97.